The monoisotopic (exact) mass is 226 g/mol. The third-order valence-corrected chi connectivity index (χ3v) is 3.94. The molecule has 3 nitrogen and oxygen atoms in total. The van der Waals surface area contributed by atoms with Crippen molar-refractivity contribution in [3.63, 3.8) is 0 Å². The Hall–Kier alpha value is -0.120. The maximum Gasteiger partial charge on any atom is 0.0589 e. The molecule has 1 heterocycles. The molecule has 0 bridgehead atoms. The highest BCUT2D eigenvalue weighted by molar-refractivity contribution is 4.83. The van der Waals surface area contributed by atoms with E-state index in [1.807, 2.05) is 0 Å². The van der Waals surface area contributed by atoms with Crippen molar-refractivity contribution in [2.45, 2.75) is 50.6 Å². The zero-order chi connectivity index (χ0) is 11.2. The predicted molar refractivity (Wildman–Crippen MR) is 66.7 cm³/mol. The summed E-state index contributed by atoms with van der Waals surface area (Å²) in [5.74, 6) is 0. The number of piperidine rings is 1. The lowest BCUT2D eigenvalue weighted by molar-refractivity contribution is 0.120. The Morgan fingerprint density at radius 1 is 1.12 bits per heavy atom. The van der Waals surface area contributed by atoms with E-state index in [9.17, 15) is 0 Å². The number of methoxy groups -OCH3 is 1. The number of rotatable bonds is 5. The van der Waals surface area contributed by atoms with Crippen LogP contribution in [0.1, 0.15) is 38.5 Å². The van der Waals surface area contributed by atoms with Gasteiger partial charge in [-0.05, 0) is 32.2 Å². The standard InChI is InChI=1S/C13H26N2O/c1-16-10-9-15-8-4-7-13(11-15)14-12-5-2-3-6-12/h12-14H,2-11H2,1H3. The van der Waals surface area contributed by atoms with Gasteiger partial charge in [-0.25, -0.2) is 0 Å². The molecule has 1 unspecified atom stereocenters. The third kappa shape index (κ3) is 3.72. The minimum absolute atomic E-state index is 0.730. The van der Waals surface area contributed by atoms with Crippen LogP contribution in [0.15, 0.2) is 0 Å². The fourth-order valence-electron chi connectivity index (χ4n) is 3.04. The molecule has 1 saturated carbocycles. The van der Waals surface area contributed by atoms with E-state index in [4.69, 9.17) is 4.74 Å². The van der Waals surface area contributed by atoms with Gasteiger partial charge in [0.05, 0.1) is 6.61 Å². The van der Waals surface area contributed by atoms with Crippen LogP contribution in [-0.2, 0) is 4.74 Å². The molecule has 0 radical (unpaired) electrons. The smallest absolute Gasteiger partial charge is 0.0589 e. The Morgan fingerprint density at radius 2 is 1.88 bits per heavy atom. The normalized spacial score (nSPS) is 28.7. The van der Waals surface area contributed by atoms with Crippen LogP contribution in [0.25, 0.3) is 0 Å². The fraction of sp³-hybridized carbons (Fsp3) is 1.00. The van der Waals surface area contributed by atoms with E-state index in [0.717, 1.165) is 25.2 Å². The van der Waals surface area contributed by atoms with E-state index in [0.29, 0.717) is 0 Å². The van der Waals surface area contributed by atoms with Crippen LogP contribution in [0.3, 0.4) is 0 Å². The topological polar surface area (TPSA) is 24.5 Å². The first kappa shape index (κ1) is 12.3. The molecule has 0 amide bonds. The van der Waals surface area contributed by atoms with Gasteiger partial charge in [-0.3, -0.25) is 4.90 Å². The minimum Gasteiger partial charge on any atom is -0.383 e. The molecule has 16 heavy (non-hydrogen) atoms. The first-order valence-corrected chi connectivity index (χ1v) is 6.86. The van der Waals surface area contributed by atoms with Gasteiger partial charge in [0.25, 0.3) is 0 Å². The quantitative estimate of drug-likeness (QED) is 0.771. The molecule has 1 aliphatic carbocycles. The van der Waals surface area contributed by atoms with Gasteiger partial charge in [-0.1, -0.05) is 12.8 Å². The van der Waals surface area contributed by atoms with Gasteiger partial charge in [-0.2, -0.15) is 0 Å². The Kier molecular flexibility index (Phi) is 5.07. The Balaban J connectivity index is 1.68. The van der Waals surface area contributed by atoms with Crippen LogP contribution in [0.2, 0.25) is 0 Å². The van der Waals surface area contributed by atoms with E-state index in [1.54, 1.807) is 7.11 Å². The summed E-state index contributed by atoms with van der Waals surface area (Å²) in [4.78, 5) is 2.54. The van der Waals surface area contributed by atoms with Gasteiger partial charge >= 0.3 is 0 Å². The van der Waals surface area contributed by atoms with E-state index in [2.05, 4.69) is 10.2 Å². The zero-order valence-corrected chi connectivity index (χ0v) is 10.6. The van der Waals surface area contributed by atoms with Crippen molar-refractivity contribution in [3.05, 3.63) is 0 Å². The molecule has 2 rings (SSSR count). The maximum absolute atomic E-state index is 5.15. The van der Waals surface area contributed by atoms with Gasteiger partial charge < -0.3 is 10.1 Å². The molecule has 1 N–H and O–H groups in total. The van der Waals surface area contributed by atoms with E-state index < -0.39 is 0 Å². The summed E-state index contributed by atoms with van der Waals surface area (Å²) in [6, 6.07) is 1.54. The number of hydrogen-bond acceptors (Lipinski definition) is 3. The van der Waals surface area contributed by atoms with E-state index in [-0.39, 0.29) is 0 Å². The number of nitrogens with zero attached hydrogens (tertiary/aromatic N) is 1. The number of nitrogens with one attached hydrogen (secondary N) is 1. The second kappa shape index (κ2) is 6.58. The van der Waals surface area contributed by atoms with Gasteiger partial charge in [0.1, 0.15) is 0 Å². The largest absolute Gasteiger partial charge is 0.383 e. The van der Waals surface area contributed by atoms with Crippen molar-refractivity contribution in [2.75, 3.05) is 33.4 Å². The van der Waals surface area contributed by atoms with Gasteiger partial charge in [0.15, 0.2) is 0 Å². The Morgan fingerprint density at radius 3 is 2.62 bits per heavy atom. The molecule has 1 saturated heterocycles. The van der Waals surface area contributed by atoms with Crippen LogP contribution >= 0.6 is 0 Å². The number of hydrogen-bond donors (Lipinski definition) is 1. The van der Waals surface area contributed by atoms with Crippen LogP contribution in [0.4, 0.5) is 0 Å². The molecule has 2 aliphatic rings. The van der Waals surface area contributed by atoms with Crippen molar-refractivity contribution < 1.29 is 4.74 Å². The van der Waals surface area contributed by atoms with Gasteiger partial charge in [0.2, 0.25) is 0 Å². The molecule has 0 aromatic heterocycles. The second-order valence-corrected chi connectivity index (χ2v) is 5.28. The molecule has 3 heteroatoms. The van der Waals surface area contributed by atoms with Gasteiger partial charge in [-0.15, -0.1) is 0 Å². The van der Waals surface area contributed by atoms with Crippen LogP contribution in [0, 0.1) is 0 Å². The van der Waals surface area contributed by atoms with Crippen molar-refractivity contribution in [2.24, 2.45) is 0 Å². The van der Waals surface area contributed by atoms with Crippen molar-refractivity contribution >= 4 is 0 Å². The summed E-state index contributed by atoms with van der Waals surface area (Å²) in [6.45, 7) is 4.45. The first-order valence-electron chi connectivity index (χ1n) is 6.86. The van der Waals surface area contributed by atoms with Gasteiger partial charge in [0, 0.05) is 32.3 Å². The molecule has 0 spiro atoms. The molecule has 1 atom stereocenters. The van der Waals surface area contributed by atoms with Crippen molar-refractivity contribution in [1.82, 2.24) is 10.2 Å². The average molecular weight is 226 g/mol. The Labute approximate surface area is 99.5 Å². The first-order chi connectivity index (χ1) is 7.88. The minimum atomic E-state index is 0.730. The van der Waals surface area contributed by atoms with Crippen molar-refractivity contribution in [3.8, 4) is 0 Å². The molecule has 1 aliphatic heterocycles. The molecule has 94 valence electrons. The summed E-state index contributed by atoms with van der Waals surface area (Å²) in [6.07, 6.45) is 8.35. The van der Waals surface area contributed by atoms with E-state index in [1.165, 1.54) is 51.6 Å². The van der Waals surface area contributed by atoms with Crippen molar-refractivity contribution in [1.29, 1.82) is 0 Å². The van der Waals surface area contributed by atoms with E-state index >= 15 is 0 Å². The molecular formula is C13H26N2O. The summed E-state index contributed by atoms with van der Waals surface area (Å²) in [5.41, 5.74) is 0. The summed E-state index contributed by atoms with van der Waals surface area (Å²) in [5, 5.41) is 3.84. The highest BCUT2D eigenvalue weighted by Crippen LogP contribution is 2.20. The lowest BCUT2D eigenvalue weighted by Crippen LogP contribution is -2.49. The summed E-state index contributed by atoms with van der Waals surface area (Å²) >= 11 is 0. The molecule has 0 aromatic rings. The predicted octanol–water partition coefficient (Wildman–Crippen LogP) is 1.63. The molecule has 2 fully saturated rings. The molecule has 0 aromatic carbocycles. The second-order valence-electron chi connectivity index (χ2n) is 5.28. The van der Waals surface area contributed by atoms with Crippen LogP contribution in [0.5, 0.6) is 0 Å². The molecular weight excluding hydrogens is 200 g/mol. The zero-order valence-electron chi connectivity index (χ0n) is 10.6. The summed E-state index contributed by atoms with van der Waals surface area (Å²) in [7, 11) is 1.79. The number of likely N-dealkylation sites (tertiary alicyclic amines) is 1. The highest BCUT2D eigenvalue weighted by Gasteiger charge is 2.23. The fourth-order valence-corrected chi connectivity index (χ4v) is 3.04. The van der Waals surface area contributed by atoms with Crippen LogP contribution < -0.4 is 5.32 Å². The highest BCUT2D eigenvalue weighted by atomic mass is 16.5. The number of ether oxygens (including phenoxy) is 1. The summed E-state index contributed by atoms with van der Waals surface area (Å²) < 4.78 is 5.15. The Bertz CT molecular complexity index is 192. The maximum atomic E-state index is 5.15. The third-order valence-electron chi connectivity index (χ3n) is 3.94. The van der Waals surface area contributed by atoms with Crippen LogP contribution in [-0.4, -0.2) is 50.3 Å². The lowest BCUT2D eigenvalue weighted by Gasteiger charge is -2.34. The SMILES string of the molecule is COCCN1CCCC(NC2CCCC2)C1. The lowest BCUT2D eigenvalue weighted by atomic mass is 10.0. The average Bonchev–Trinajstić information content (AvgIpc) is 2.80.